The molecule has 2 N–H and O–H groups in total. The van der Waals surface area contributed by atoms with Crippen molar-refractivity contribution in [3.63, 3.8) is 0 Å². The van der Waals surface area contributed by atoms with Gasteiger partial charge in [0.25, 0.3) is 5.91 Å². The van der Waals surface area contributed by atoms with E-state index >= 15 is 0 Å². The summed E-state index contributed by atoms with van der Waals surface area (Å²) in [5, 5.41) is 0. The predicted molar refractivity (Wildman–Crippen MR) is 78.5 cm³/mol. The standard InChI is InChI=1S/C14H17N3O4/c1-17-9(13(18)16-14(17)15)5-8-6-11(20-3)12(21-4)7-10(8)19-2/h5-7H,1-4H3,(H2,15,16,18). The quantitative estimate of drug-likeness (QED) is 0.827. The Kier molecular flexibility index (Phi) is 4.02. The van der Waals surface area contributed by atoms with Crippen LogP contribution in [-0.4, -0.2) is 45.1 Å². The maximum Gasteiger partial charge on any atom is 0.296 e. The van der Waals surface area contributed by atoms with Gasteiger partial charge in [0.15, 0.2) is 11.5 Å². The molecule has 0 aromatic heterocycles. The zero-order valence-electron chi connectivity index (χ0n) is 12.3. The zero-order chi connectivity index (χ0) is 15.6. The van der Waals surface area contributed by atoms with Gasteiger partial charge in [-0.2, -0.15) is 4.99 Å². The number of rotatable bonds is 4. The van der Waals surface area contributed by atoms with Crippen LogP contribution in [0.4, 0.5) is 0 Å². The van der Waals surface area contributed by atoms with E-state index in [4.69, 9.17) is 19.9 Å². The smallest absolute Gasteiger partial charge is 0.296 e. The number of hydrogen-bond acceptors (Lipinski definition) is 6. The molecule has 1 aromatic rings. The number of nitrogens with two attached hydrogens (primary N) is 1. The molecule has 7 nitrogen and oxygen atoms in total. The van der Waals surface area contributed by atoms with Gasteiger partial charge in [-0.1, -0.05) is 0 Å². The largest absolute Gasteiger partial charge is 0.496 e. The lowest BCUT2D eigenvalue weighted by Gasteiger charge is -2.14. The lowest BCUT2D eigenvalue weighted by atomic mass is 10.1. The number of benzene rings is 1. The van der Waals surface area contributed by atoms with Crippen molar-refractivity contribution in [3.05, 3.63) is 23.4 Å². The first-order chi connectivity index (χ1) is 10.0. The number of methoxy groups -OCH3 is 3. The van der Waals surface area contributed by atoms with Crippen LogP contribution in [-0.2, 0) is 4.79 Å². The molecule has 0 atom stereocenters. The molecule has 0 saturated carbocycles. The molecule has 1 heterocycles. The van der Waals surface area contributed by atoms with Crippen LogP contribution in [0.25, 0.3) is 6.08 Å². The van der Waals surface area contributed by atoms with Crippen molar-refractivity contribution in [2.75, 3.05) is 28.4 Å². The van der Waals surface area contributed by atoms with Crippen LogP contribution in [0.15, 0.2) is 22.8 Å². The zero-order valence-corrected chi connectivity index (χ0v) is 12.3. The minimum absolute atomic E-state index is 0.158. The molecule has 1 aromatic carbocycles. The lowest BCUT2D eigenvalue weighted by Crippen LogP contribution is -2.28. The number of carbonyl (C=O) groups is 1. The summed E-state index contributed by atoms with van der Waals surface area (Å²) in [6, 6.07) is 3.41. The molecular formula is C14H17N3O4. The Labute approximate surface area is 122 Å². The third kappa shape index (κ3) is 2.62. The van der Waals surface area contributed by atoms with E-state index in [1.807, 2.05) is 0 Å². The fourth-order valence-electron chi connectivity index (χ4n) is 1.97. The second kappa shape index (κ2) is 5.74. The maximum atomic E-state index is 11.8. The Morgan fingerprint density at radius 2 is 1.67 bits per heavy atom. The van der Waals surface area contributed by atoms with E-state index in [-0.39, 0.29) is 5.96 Å². The van der Waals surface area contributed by atoms with Gasteiger partial charge in [-0.15, -0.1) is 0 Å². The summed E-state index contributed by atoms with van der Waals surface area (Å²) in [5.41, 5.74) is 6.64. The summed E-state index contributed by atoms with van der Waals surface area (Å²) in [4.78, 5) is 17.0. The average Bonchev–Trinajstić information content (AvgIpc) is 2.73. The highest BCUT2D eigenvalue weighted by Crippen LogP contribution is 2.36. The van der Waals surface area contributed by atoms with Crippen LogP contribution < -0.4 is 19.9 Å². The van der Waals surface area contributed by atoms with Crippen molar-refractivity contribution < 1.29 is 19.0 Å². The molecule has 0 spiro atoms. The summed E-state index contributed by atoms with van der Waals surface area (Å²) in [7, 11) is 6.28. The number of guanidine groups is 1. The van der Waals surface area contributed by atoms with Crippen LogP contribution in [0.5, 0.6) is 17.2 Å². The summed E-state index contributed by atoms with van der Waals surface area (Å²) < 4.78 is 15.8. The molecule has 2 rings (SSSR count). The molecule has 0 bridgehead atoms. The first kappa shape index (κ1) is 14.7. The van der Waals surface area contributed by atoms with E-state index in [9.17, 15) is 4.79 Å². The second-order valence-corrected chi connectivity index (χ2v) is 4.31. The van der Waals surface area contributed by atoms with Gasteiger partial charge in [0.2, 0.25) is 5.96 Å². The Bertz CT molecular complexity index is 637. The minimum Gasteiger partial charge on any atom is -0.496 e. The van der Waals surface area contributed by atoms with Crippen LogP contribution in [0.2, 0.25) is 0 Å². The summed E-state index contributed by atoms with van der Waals surface area (Å²) in [5.74, 6) is 1.38. The first-order valence-electron chi connectivity index (χ1n) is 6.15. The van der Waals surface area contributed by atoms with Gasteiger partial charge in [0.05, 0.1) is 21.3 Å². The van der Waals surface area contributed by atoms with E-state index in [2.05, 4.69) is 4.99 Å². The minimum atomic E-state index is -0.396. The number of amides is 1. The molecule has 0 radical (unpaired) electrons. The third-order valence-corrected chi connectivity index (χ3v) is 3.17. The van der Waals surface area contributed by atoms with Gasteiger partial charge in [0.1, 0.15) is 11.4 Å². The van der Waals surface area contributed by atoms with E-state index in [1.165, 1.54) is 26.2 Å². The SMILES string of the molecule is COc1cc(OC)c(OC)cc1C=C1C(=O)N=C(N)N1C. The number of hydrogen-bond donors (Lipinski definition) is 1. The summed E-state index contributed by atoms with van der Waals surface area (Å²) in [6.07, 6.45) is 1.65. The van der Waals surface area contributed by atoms with Gasteiger partial charge in [-0.25, -0.2) is 0 Å². The van der Waals surface area contributed by atoms with E-state index in [0.29, 0.717) is 28.5 Å². The first-order valence-corrected chi connectivity index (χ1v) is 6.15. The average molecular weight is 291 g/mol. The van der Waals surface area contributed by atoms with Gasteiger partial charge in [-0.05, 0) is 12.1 Å². The molecule has 112 valence electrons. The Morgan fingerprint density at radius 3 is 2.14 bits per heavy atom. The van der Waals surface area contributed by atoms with Crippen molar-refractivity contribution in [3.8, 4) is 17.2 Å². The molecule has 21 heavy (non-hydrogen) atoms. The van der Waals surface area contributed by atoms with Crippen LogP contribution in [0, 0.1) is 0 Å². The van der Waals surface area contributed by atoms with Crippen molar-refractivity contribution in [2.45, 2.75) is 0 Å². The number of likely N-dealkylation sites (N-methyl/N-ethyl adjacent to an activating group) is 1. The van der Waals surface area contributed by atoms with E-state index in [1.54, 1.807) is 25.3 Å². The highest BCUT2D eigenvalue weighted by Gasteiger charge is 2.25. The van der Waals surface area contributed by atoms with Crippen LogP contribution in [0.1, 0.15) is 5.56 Å². The topological polar surface area (TPSA) is 86.4 Å². The fraction of sp³-hybridized carbons (Fsp3) is 0.286. The molecule has 0 unspecified atom stereocenters. The van der Waals surface area contributed by atoms with Crippen molar-refractivity contribution in [1.82, 2.24) is 4.90 Å². The third-order valence-electron chi connectivity index (χ3n) is 3.17. The number of ether oxygens (including phenoxy) is 3. The highest BCUT2D eigenvalue weighted by atomic mass is 16.5. The molecule has 7 heteroatoms. The molecule has 1 aliphatic heterocycles. The van der Waals surface area contributed by atoms with Crippen molar-refractivity contribution >= 4 is 17.9 Å². The van der Waals surface area contributed by atoms with Gasteiger partial charge in [0, 0.05) is 18.7 Å². The number of aliphatic imine (C=N–C) groups is 1. The fourth-order valence-corrected chi connectivity index (χ4v) is 1.97. The number of nitrogens with zero attached hydrogens (tertiary/aromatic N) is 2. The molecular weight excluding hydrogens is 274 g/mol. The Hall–Kier alpha value is -2.70. The predicted octanol–water partition coefficient (Wildman–Crippen LogP) is 0.840. The van der Waals surface area contributed by atoms with Crippen molar-refractivity contribution in [1.29, 1.82) is 0 Å². The lowest BCUT2D eigenvalue weighted by molar-refractivity contribution is -0.114. The van der Waals surface area contributed by atoms with Gasteiger partial charge < -0.3 is 24.8 Å². The molecule has 0 saturated heterocycles. The van der Waals surface area contributed by atoms with Crippen molar-refractivity contribution in [2.24, 2.45) is 10.7 Å². The molecule has 0 fully saturated rings. The Balaban J connectivity index is 2.51. The van der Waals surface area contributed by atoms with Crippen LogP contribution >= 0.6 is 0 Å². The molecule has 1 aliphatic rings. The Morgan fingerprint density at radius 1 is 1.10 bits per heavy atom. The maximum absolute atomic E-state index is 11.8. The van der Waals surface area contributed by atoms with E-state index < -0.39 is 5.91 Å². The van der Waals surface area contributed by atoms with Crippen LogP contribution in [0.3, 0.4) is 0 Å². The monoisotopic (exact) mass is 291 g/mol. The highest BCUT2D eigenvalue weighted by molar-refractivity contribution is 6.12. The number of carbonyl (C=O) groups excluding carboxylic acids is 1. The molecule has 1 amide bonds. The summed E-state index contributed by atoms with van der Waals surface area (Å²) >= 11 is 0. The summed E-state index contributed by atoms with van der Waals surface area (Å²) in [6.45, 7) is 0. The second-order valence-electron chi connectivity index (χ2n) is 4.31. The van der Waals surface area contributed by atoms with Gasteiger partial charge >= 0.3 is 0 Å². The van der Waals surface area contributed by atoms with Gasteiger partial charge in [-0.3, -0.25) is 4.79 Å². The van der Waals surface area contributed by atoms with E-state index in [0.717, 1.165) is 0 Å². The normalized spacial score (nSPS) is 16.2. The molecule has 0 aliphatic carbocycles.